The molecule has 0 radical (unpaired) electrons. The highest BCUT2D eigenvalue weighted by Gasteiger charge is 2.14. The molecule has 0 aromatic heterocycles. The lowest BCUT2D eigenvalue weighted by Crippen LogP contribution is -2.18. The number of rotatable bonds is 6. The molecule has 1 aromatic carbocycles. The molecule has 0 saturated heterocycles. The fraction of sp³-hybridized carbons (Fsp3) is 0.412. The van der Waals surface area contributed by atoms with Crippen molar-refractivity contribution >= 4 is 23.5 Å². The van der Waals surface area contributed by atoms with Crippen LogP contribution in [-0.2, 0) is 14.3 Å². The smallest absolute Gasteiger partial charge is 0.311 e. The lowest BCUT2D eigenvalue weighted by atomic mass is 10.2. The minimum absolute atomic E-state index is 0.0514. The summed E-state index contributed by atoms with van der Waals surface area (Å²) in [6.45, 7) is 5.44. The topological polar surface area (TPSA) is 52.6 Å². The van der Waals surface area contributed by atoms with Crippen LogP contribution >= 0.6 is 11.6 Å². The van der Waals surface area contributed by atoms with Gasteiger partial charge >= 0.3 is 11.9 Å². The van der Waals surface area contributed by atoms with Crippen LogP contribution in [-0.4, -0.2) is 18.0 Å². The molecule has 0 fully saturated rings. The number of halogens is 1. The summed E-state index contributed by atoms with van der Waals surface area (Å²) < 4.78 is 10.3. The van der Waals surface area contributed by atoms with Gasteiger partial charge in [-0.25, -0.2) is 0 Å². The third kappa shape index (κ3) is 6.19. The molecule has 1 aromatic rings. The molecule has 0 N–H and O–H groups in total. The van der Waals surface area contributed by atoms with Gasteiger partial charge in [-0.3, -0.25) is 9.59 Å². The van der Waals surface area contributed by atoms with Crippen LogP contribution in [0.3, 0.4) is 0 Å². The maximum atomic E-state index is 11.7. The zero-order valence-corrected chi connectivity index (χ0v) is 13.7. The van der Waals surface area contributed by atoms with Gasteiger partial charge in [0.1, 0.15) is 5.75 Å². The van der Waals surface area contributed by atoms with Crippen molar-refractivity contribution in [1.82, 2.24) is 0 Å². The van der Waals surface area contributed by atoms with Gasteiger partial charge in [0.25, 0.3) is 0 Å². The summed E-state index contributed by atoms with van der Waals surface area (Å²) in [6, 6.07) is 5.11. The van der Waals surface area contributed by atoms with Gasteiger partial charge in [0.2, 0.25) is 0 Å². The number of carbonyl (C=O) groups excluding carboxylic acids is 2. The number of benzene rings is 1. The predicted molar refractivity (Wildman–Crippen MR) is 84.7 cm³/mol. The number of carbonyl (C=O) groups is 2. The Morgan fingerprint density at radius 3 is 2.55 bits per heavy atom. The van der Waals surface area contributed by atoms with E-state index in [9.17, 15) is 9.59 Å². The molecule has 0 heterocycles. The van der Waals surface area contributed by atoms with E-state index < -0.39 is 18.0 Å². The lowest BCUT2D eigenvalue weighted by Gasteiger charge is -2.10. The Kier molecular flexibility index (Phi) is 7.48. The number of ether oxygens (including phenoxy) is 2. The molecule has 22 heavy (non-hydrogen) atoms. The molecular formula is C17H19ClO4. The van der Waals surface area contributed by atoms with Gasteiger partial charge in [0.05, 0.1) is 17.9 Å². The summed E-state index contributed by atoms with van der Waals surface area (Å²) in [6.07, 6.45) is 0.0549. The van der Waals surface area contributed by atoms with E-state index in [1.54, 1.807) is 25.1 Å². The van der Waals surface area contributed by atoms with Crippen LogP contribution in [0.1, 0.15) is 38.7 Å². The molecule has 1 rings (SSSR count). The van der Waals surface area contributed by atoms with Crippen LogP contribution in [0, 0.1) is 18.8 Å². The molecule has 1 unspecified atom stereocenters. The quantitative estimate of drug-likeness (QED) is 0.455. The number of esters is 2. The van der Waals surface area contributed by atoms with E-state index in [2.05, 4.69) is 11.8 Å². The van der Waals surface area contributed by atoms with Gasteiger partial charge in [0, 0.05) is 0 Å². The summed E-state index contributed by atoms with van der Waals surface area (Å²) in [5.41, 5.74) is 0.969. The van der Waals surface area contributed by atoms with Crippen molar-refractivity contribution in [3.8, 4) is 17.6 Å². The van der Waals surface area contributed by atoms with Crippen molar-refractivity contribution in [2.75, 3.05) is 0 Å². The number of hydrogen-bond donors (Lipinski definition) is 0. The third-order valence-corrected chi connectivity index (χ3v) is 3.09. The van der Waals surface area contributed by atoms with Crippen molar-refractivity contribution in [3.05, 3.63) is 28.8 Å². The van der Waals surface area contributed by atoms with E-state index in [0.717, 1.165) is 5.56 Å². The molecule has 0 aliphatic carbocycles. The van der Waals surface area contributed by atoms with Crippen LogP contribution in [0.15, 0.2) is 18.2 Å². The highest BCUT2D eigenvalue weighted by Crippen LogP contribution is 2.25. The van der Waals surface area contributed by atoms with Gasteiger partial charge in [-0.2, -0.15) is 0 Å². The Labute approximate surface area is 135 Å². The van der Waals surface area contributed by atoms with Gasteiger partial charge in [-0.05, 0) is 38.0 Å². The molecule has 0 saturated carbocycles. The molecule has 5 heteroatoms. The molecule has 4 nitrogen and oxygen atoms in total. The molecule has 0 spiro atoms. The molecule has 0 amide bonds. The maximum Gasteiger partial charge on any atom is 0.311 e. The Morgan fingerprint density at radius 1 is 1.27 bits per heavy atom. The number of hydrogen-bond acceptors (Lipinski definition) is 4. The van der Waals surface area contributed by atoms with Crippen LogP contribution in [0.4, 0.5) is 0 Å². The van der Waals surface area contributed by atoms with E-state index in [0.29, 0.717) is 11.4 Å². The van der Waals surface area contributed by atoms with Crippen molar-refractivity contribution < 1.29 is 19.1 Å². The van der Waals surface area contributed by atoms with E-state index in [1.165, 1.54) is 0 Å². The van der Waals surface area contributed by atoms with Crippen LogP contribution < -0.4 is 4.74 Å². The van der Waals surface area contributed by atoms with Crippen molar-refractivity contribution in [3.63, 3.8) is 0 Å². The summed E-state index contributed by atoms with van der Waals surface area (Å²) in [5, 5.41) is 0.361. The normalized spacial score (nSPS) is 11.1. The first-order valence-electron chi connectivity index (χ1n) is 7.04. The van der Waals surface area contributed by atoms with Gasteiger partial charge in [-0.1, -0.05) is 30.5 Å². The van der Waals surface area contributed by atoms with Crippen LogP contribution in [0.25, 0.3) is 0 Å². The first kappa shape index (κ1) is 18.1. The highest BCUT2D eigenvalue weighted by molar-refractivity contribution is 6.32. The van der Waals surface area contributed by atoms with Gasteiger partial charge in [-0.15, -0.1) is 5.92 Å². The van der Waals surface area contributed by atoms with Crippen LogP contribution in [0.2, 0.25) is 5.02 Å². The molecule has 1 atom stereocenters. The maximum absolute atomic E-state index is 11.7. The summed E-state index contributed by atoms with van der Waals surface area (Å²) >= 11 is 5.97. The van der Waals surface area contributed by atoms with E-state index in [1.807, 2.05) is 13.8 Å². The largest absolute Gasteiger partial charge is 0.449 e. The van der Waals surface area contributed by atoms with E-state index >= 15 is 0 Å². The Hall–Kier alpha value is -1.99. The van der Waals surface area contributed by atoms with E-state index in [-0.39, 0.29) is 18.6 Å². The van der Waals surface area contributed by atoms with E-state index in [4.69, 9.17) is 21.1 Å². The molecule has 118 valence electrons. The second-order valence-corrected chi connectivity index (χ2v) is 5.10. The average molecular weight is 323 g/mol. The first-order chi connectivity index (χ1) is 10.5. The second kappa shape index (κ2) is 9.11. The van der Waals surface area contributed by atoms with Crippen molar-refractivity contribution in [1.29, 1.82) is 0 Å². The average Bonchev–Trinajstić information content (AvgIpc) is 2.47. The first-order valence-corrected chi connectivity index (χ1v) is 7.42. The Morgan fingerprint density at radius 2 is 1.95 bits per heavy atom. The van der Waals surface area contributed by atoms with Crippen LogP contribution in [0.5, 0.6) is 5.75 Å². The highest BCUT2D eigenvalue weighted by atomic mass is 35.5. The molecule has 0 aliphatic rings. The summed E-state index contributed by atoms with van der Waals surface area (Å²) in [5.74, 6) is 4.76. The SMILES string of the molecule is CC#CC(CC)OC(=O)CCC(=O)Oc1ccc(C)cc1Cl. The Bertz CT molecular complexity index is 598. The minimum atomic E-state index is -0.530. The minimum Gasteiger partial charge on any atom is -0.449 e. The van der Waals surface area contributed by atoms with Crippen molar-refractivity contribution in [2.24, 2.45) is 0 Å². The zero-order chi connectivity index (χ0) is 16.5. The van der Waals surface area contributed by atoms with Gasteiger partial charge in [0.15, 0.2) is 6.10 Å². The predicted octanol–water partition coefficient (Wildman–Crippen LogP) is 3.68. The molecule has 0 bridgehead atoms. The third-order valence-electron chi connectivity index (χ3n) is 2.79. The fourth-order valence-electron chi connectivity index (χ4n) is 1.66. The van der Waals surface area contributed by atoms with Gasteiger partial charge < -0.3 is 9.47 Å². The summed E-state index contributed by atoms with van der Waals surface area (Å²) in [7, 11) is 0. The second-order valence-electron chi connectivity index (χ2n) is 4.69. The number of aryl methyl sites for hydroxylation is 1. The Balaban J connectivity index is 2.45. The lowest BCUT2D eigenvalue weighted by molar-refractivity contribution is -0.149. The summed E-state index contributed by atoms with van der Waals surface area (Å²) in [4.78, 5) is 23.4. The monoisotopic (exact) mass is 322 g/mol. The standard InChI is InChI=1S/C17H19ClO4/c1-4-6-13(5-2)21-16(19)9-10-17(20)22-15-8-7-12(3)11-14(15)18/h7-8,11,13H,5,9-10H2,1-3H3. The van der Waals surface area contributed by atoms with Crippen molar-refractivity contribution in [2.45, 2.75) is 46.1 Å². The fourth-order valence-corrected chi connectivity index (χ4v) is 1.93. The molecular weight excluding hydrogens is 304 g/mol. The zero-order valence-electron chi connectivity index (χ0n) is 12.9. The molecule has 0 aliphatic heterocycles.